The lowest BCUT2D eigenvalue weighted by atomic mass is 10.0. The molecule has 2 aromatic rings. The summed E-state index contributed by atoms with van der Waals surface area (Å²) >= 11 is 5.89. The molecule has 0 aliphatic heterocycles. The summed E-state index contributed by atoms with van der Waals surface area (Å²) in [5.41, 5.74) is -1.77. The van der Waals surface area contributed by atoms with Gasteiger partial charge in [0.1, 0.15) is 17.6 Å². The van der Waals surface area contributed by atoms with Gasteiger partial charge in [-0.15, -0.1) is 0 Å². The van der Waals surface area contributed by atoms with E-state index < -0.39 is 45.5 Å². The number of aromatic hydroxyl groups is 1. The van der Waals surface area contributed by atoms with E-state index in [1.807, 2.05) is 0 Å². The number of carbonyl (C=O) groups is 1. The van der Waals surface area contributed by atoms with E-state index in [1.54, 1.807) is 6.07 Å². The number of nitro groups is 1. The van der Waals surface area contributed by atoms with Crippen LogP contribution in [-0.4, -0.2) is 40.1 Å². The number of carbonyl (C=O) groups excluding carboxylic acids is 1. The maximum atomic E-state index is 14.2. The first-order valence-corrected chi connectivity index (χ1v) is 9.02. The smallest absolute Gasteiger partial charge is 0.315 e. The highest BCUT2D eigenvalue weighted by Crippen LogP contribution is 2.39. The van der Waals surface area contributed by atoms with Crippen molar-refractivity contribution in [3.05, 3.63) is 68.0 Å². The number of nitriles is 1. The lowest BCUT2D eigenvalue weighted by molar-refractivity contribution is -0.386. The summed E-state index contributed by atoms with van der Waals surface area (Å²) in [6, 6.07) is 6.31. The molecule has 162 valence electrons. The molecule has 0 bridgehead atoms. The number of nitrogens with zero attached hydrogens (tertiary/aromatic N) is 3. The Morgan fingerprint density at radius 2 is 2.03 bits per heavy atom. The third-order valence-corrected chi connectivity index (χ3v) is 4.85. The summed E-state index contributed by atoms with van der Waals surface area (Å²) in [4.78, 5) is 24.1. The molecule has 0 heterocycles. The molecule has 0 unspecified atom stereocenters. The third kappa shape index (κ3) is 4.67. The zero-order chi connectivity index (χ0) is 23.5. The topological polar surface area (TPSA) is 137 Å². The molecule has 0 saturated carbocycles. The van der Waals surface area contributed by atoms with Gasteiger partial charge in [0.05, 0.1) is 18.1 Å². The monoisotopic (exact) mass is 449 g/mol. The summed E-state index contributed by atoms with van der Waals surface area (Å²) in [5, 5.41) is 41.2. The lowest BCUT2D eigenvalue weighted by Gasteiger charge is -2.25. The molecule has 11 heteroatoms. The third-order valence-electron chi connectivity index (χ3n) is 4.62. The minimum atomic E-state index is -0.971. The zero-order valence-electron chi connectivity index (χ0n) is 16.6. The van der Waals surface area contributed by atoms with Crippen LogP contribution >= 0.6 is 11.6 Å². The number of benzene rings is 2. The Bertz CT molecular complexity index is 1130. The summed E-state index contributed by atoms with van der Waals surface area (Å²) in [7, 11) is 2.42. The van der Waals surface area contributed by atoms with E-state index in [2.05, 4.69) is 0 Å². The number of aliphatic hydroxyl groups excluding tert-OH is 1. The van der Waals surface area contributed by atoms with Crippen LogP contribution in [0, 0.1) is 27.3 Å². The van der Waals surface area contributed by atoms with Crippen LogP contribution in [0.1, 0.15) is 24.1 Å². The van der Waals surface area contributed by atoms with Gasteiger partial charge < -0.3 is 19.8 Å². The molecule has 2 aromatic carbocycles. The van der Waals surface area contributed by atoms with Crippen LogP contribution in [-0.2, 0) is 4.79 Å². The Morgan fingerprint density at radius 3 is 2.58 bits per heavy atom. The van der Waals surface area contributed by atoms with Gasteiger partial charge in [0.25, 0.3) is 5.91 Å². The highest BCUT2D eigenvalue weighted by Gasteiger charge is 2.28. The molecule has 1 atom stereocenters. The van der Waals surface area contributed by atoms with E-state index in [0.29, 0.717) is 0 Å². The number of hydrogen-bond acceptors (Lipinski definition) is 7. The molecule has 0 spiro atoms. The van der Waals surface area contributed by atoms with Gasteiger partial charge in [-0.2, -0.15) is 5.26 Å². The molecule has 31 heavy (non-hydrogen) atoms. The Kier molecular flexibility index (Phi) is 7.04. The van der Waals surface area contributed by atoms with Gasteiger partial charge in [0, 0.05) is 29.3 Å². The molecular formula is C20H17ClFN3O6. The zero-order valence-corrected chi connectivity index (χ0v) is 17.3. The Labute approximate surface area is 181 Å². The van der Waals surface area contributed by atoms with E-state index in [0.717, 1.165) is 30.2 Å². The van der Waals surface area contributed by atoms with Crippen molar-refractivity contribution in [2.24, 2.45) is 0 Å². The van der Waals surface area contributed by atoms with Gasteiger partial charge in [0.15, 0.2) is 11.3 Å². The fourth-order valence-electron chi connectivity index (χ4n) is 2.77. The summed E-state index contributed by atoms with van der Waals surface area (Å²) in [6.07, 6.45) is 0. The number of methoxy groups -OCH3 is 1. The van der Waals surface area contributed by atoms with Gasteiger partial charge in [-0.25, -0.2) is 4.39 Å². The summed E-state index contributed by atoms with van der Waals surface area (Å²) in [5.74, 6) is -3.59. The van der Waals surface area contributed by atoms with Gasteiger partial charge in [-0.05, 0) is 31.2 Å². The summed E-state index contributed by atoms with van der Waals surface area (Å²) < 4.78 is 19.0. The number of hydrogen-bond donors (Lipinski definition) is 2. The minimum Gasteiger partial charge on any atom is -0.506 e. The number of nitro benzene ring substituents is 1. The van der Waals surface area contributed by atoms with Crippen molar-refractivity contribution in [3.63, 3.8) is 0 Å². The number of likely N-dealkylation sites (N-methyl/N-ethyl adjacent to an activating group) is 1. The van der Waals surface area contributed by atoms with Crippen molar-refractivity contribution in [1.29, 1.82) is 5.26 Å². The van der Waals surface area contributed by atoms with Crippen molar-refractivity contribution in [1.82, 2.24) is 4.90 Å². The fourth-order valence-corrected chi connectivity index (χ4v) is 2.95. The van der Waals surface area contributed by atoms with E-state index in [-0.39, 0.29) is 21.9 Å². The van der Waals surface area contributed by atoms with Gasteiger partial charge >= 0.3 is 5.69 Å². The SMILES string of the molecule is COc1cc(/C(O)=C(\C#N)C(=O)N(C)[C@H](C)c2cc(Cl)ccc2F)cc([N+](=O)[O-])c1O. The van der Waals surface area contributed by atoms with Crippen molar-refractivity contribution >= 4 is 29.0 Å². The maximum Gasteiger partial charge on any atom is 0.315 e. The van der Waals surface area contributed by atoms with Crippen LogP contribution in [0.5, 0.6) is 11.5 Å². The van der Waals surface area contributed by atoms with Crippen molar-refractivity contribution in [2.45, 2.75) is 13.0 Å². The van der Waals surface area contributed by atoms with E-state index >= 15 is 0 Å². The molecule has 1 amide bonds. The second-order valence-corrected chi connectivity index (χ2v) is 6.83. The first-order valence-electron chi connectivity index (χ1n) is 8.64. The number of phenols is 1. The van der Waals surface area contributed by atoms with E-state index in [4.69, 9.17) is 16.3 Å². The molecule has 0 aliphatic rings. The van der Waals surface area contributed by atoms with Gasteiger partial charge in [-0.3, -0.25) is 14.9 Å². The maximum absolute atomic E-state index is 14.2. The van der Waals surface area contributed by atoms with Crippen LogP contribution in [0.4, 0.5) is 10.1 Å². The number of aliphatic hydroxyl groups is 1. The van der Waals surface area contributed by atoms with E-state index in [9.17, 15) is 34.8 Å². The highest BCUT2D eigenvalue weighted by molar-refractivity contribution is 6.30. The second kappa shape index (κ2) is 9.32. The fraction of sp³-hybridized carbons (Fsp3) is 0.200. The number of rotatable bonds is 6. The second-order valence-electron chi connectivity index (χ2n) is 6.40. The summed E-state index contributed by atoms with van der Waals surface area (Å²) in [6.45, 7) is 1.49. The standard InChI is InChI=1S/C20H17ClFN3O6/c1-10(13-8-12(21)4-5-15(13)22)24(2)20(28)14(9-23)18(26)11-6-16(25(29)30)19(27)17(7-11)31-3/h4-8,10,26-27H,1-3H3/b18-14-/t10-/m1/s1. The first-order chi connectivity index (χ1) is 14.5. The molecule has 0 radical (unpaired) electrons. The van der Waals surface area contributed by atoms with Crippen LogP contribution in [0.2, 0.25) is 5.02 Å². The Balaban J connectivity index is 2.54. The van der Waals surface area contributed by atoms with Gasteiger partial charge in [-0.1, -0.05) is 11.6 Å². The minimum absolute atomic E-state index is 0.0853. The van der Waals surface area contributed by atoms with Crippen LogP contribution in [0.15, 0.2) is 35.9 Å². The average Bonchev–Trinajstić information content (AvgIpc) is 2.74. The van der Waals surface area contributed by atoms with Crippen molar-refractivity contribution in [3.8, 4) is 17.6 Å². The van der Waals surface area contributed by atoms with Gasteiger partial charge in [0.2, 0.25) is 5.75 Å². The van der Waals surface area contributed by atoms with E-state index in [1.165, 1.54) is 26.1 Å². The lowest BCUT2D eigenvalue weighted by Crippen LogP contribution is -2.31. The Morgan fingerprint density at radius 1 is 1.39 bits per heavy atom. The normalized spacial score (nSPS) is 12.4. The molecule has 0 fully saturated rings. The molecule has 2 N–H and O–H groups in total. The van der Waals surface area contributed by atoms with Crippen LogP contribution in [0.3, 0.4) is 0 Å². The van der Waals surface area contributed by atoms with Crippen molar-refractivity contribution in [2.75, 3.05) is 14.2 Å². The highest BCUT2D eigenvalue weighted by atomic mass is 35.5. The molecular weight excluding hydrogens is 433 g/mol. The number of halogens is 2. The largest absolute Gasteiger partial charge is 0.506 e. The Hall–Kier alpha value is -3.84. The number of ether oxygens (including phenoxy) is 1. The number of phenolic OH excluding ortho intramolecular Hbond substituents is 1. The quantitative estimate of drug-likeness (QED) is 0.222. The molecule has 0 aromatic heterocycles. The molecule has 2 rings (SSSR count). The first kappa shape index (κ1) is 23.4. The molecule has 0 aliphatic carbocycles. The molecule has 0 saturated heterocycles. The molecule has 9 nitrogen and oxygen atoms in total. The predicted octanol–water partition coefficient (Wildman–Crippen LogP) is 4.11. The predicted molar refractivity (Wildman–Crippen MR) is 109 cm³/mol. The van der Waals surface area contributed by atoms with Crippen LogP contribution in [0.25, 0.3) is 5.76 Å². The van der Waals surface area contributed by atoms with Crippen LogP contribution < -0.4 is 4.74 Å². The average molecular weight is 450 g/mol. The van der Waals surface area contributed by atoms with Crippen molar-refractivity contribution < 1.29 is 29.1 Å². The number of amides is 1.